The average molecular weight is 285 g/mol. The maximum Gasteiger partial charge on any atom is 0.127 e. The van der Waals surface area contributed by atoms with Crippen molar-refractivity contribution in [2.24, 2.45) is 0 Å². The summed E-state index contributed by atoms with van der Waals surface area (Å²) in [4.78, 5) is 0. The molecule has 0 radical (unpaired) electrons. The Hall–Kier alpha value is -1.86. The molecule has 3 aromatic carbocycles. The lowest BCUT2D eigenvalue weighted by atomic mass is 10.0. The van der Waals surface area contributed by atoms with Gasteiger partial charge >= 0.3 is 0 Å². The van der Waals surface area contributed by atoms with Gasteiger partial charge in [0.1, 0.15) is 5.82 Å². The zero-order valence-electron chi connectivity index (χ0n) is 10.9. The van der Waals surface area contributed by atoms with E-state index in [1.165, 1.54) is 16.8 Å². The molecule has 0 aromatic heterocycles. The number of rotatable bonds is 3. The maximum atomic E-state index is 13.7. The molecule has 0 bridgehead atoms. The van der Waals surface area contributed by atoms with Crippen molar-refractivity contribution in [3.05, 3.63) is 83.7 Å². The van der Waals surface area contributed by atoms with Gasteiger partial charge in [0.2, 0.25) is 0 Å². The van der Waals surface area contributed by atoms with Gasteiger partial charge in [-0.25, -0.2) is 4.39 Å². The predicted octanol–water partition coefficient (Wildman–Crippen LogP) is 5.50. The van der Waals surface area contributed by atoms with E-state index in [0.29, 0.717) is 12.0 Å². The summed E-state index contributed by atoms with van der Waals surface area (Å²) in [7, 11) is 0. The van der Waals surface area contributed by atoms with Gasteiger partial charge in [0.05, 0.1) is 5.38 Å². The fraction of sp³-hybridized carbons (Fsp3) is 0.111. The third-order valence-electron chi connectivity index (χ3n) is 3.47. The third-order valence-corrected chi connectivity index (χ3v) is 3.86. The largest absolute Gasteiger partial charge is 0.207 e. The Morgan fingerprint density at radius 3 is 2.35 bits per heavy atom. The highest BCUT2D eigenvalue weighted by atomic mass is 35.5. The Bertz CT molecular complexity index is 736. The van der Waals surface area contributed by atoms with E-state index in [0.717, 1.165) is 5.56 Å². The molecule has 2 heteroatoms. The summed E-state index contributed by atoms with van der Waals surface area (Å²) >= 11 is 6.36. The van der Waals surface area contributed by atoms with E-state index < -0.39 is 0 Å². The van der Waals surface area contributed by atoms with Gasteiger partial charge in [-0.05, 0) is 28.8 Å². The molecule has 0 aliphatic carbocycles. The summed E-state index contributed by atoms with van der Waals surface area (Å²) in [5, 5.41) is 2.04. The first-order valence-corrected chi connectivity index (χ1v) is 7.04. The van der Waals surface area contributed by atoms with Crippen molar-refractivity contribution in [3.63, 3.8) is 0 Å². The second-order valence-electron chi connectivity index (χ2n) is 4.87. The summed E-state index contributed by atoms with van der Waals surface area (Å²) < 4.78 is 13.7. The van der Waals surface area contributed by atoms with Crippen molar-refractivity contribution in [1.29, 1.82) is 0 Å². The van der Waals surface area contributed by atoms with Crippen LogP contribution < -0.4 is 0 Å². The Balaban J connectivity index is 1.87. The smallest absolute Gasteiger partial charge is 0.127 e. The summed E-state index contributed by atoms with van der Waals surface area (Å²) in [6.07, 6.45) is 0.618. The van der Waals surface area contributed by atoms with Crippen LogP contribution in [-0.4, -0.2) is 0 Å². The maximum absolute atomic E-state index is 13.7. The lowest BCUT2D eigenvalue weighted by molar-refractivity contribution is 0.606. The highest BCUT2D eigenvalue weighted by Crippen LogP contribution is 2.28. The first-order chi connectivity index (χ1) is 9.74. The molecule has 0 heterocycles. The zero-order chi connectivity index (χ0) is 13.9. The molecule has 0 aliphatic rings. The van der Waals surface area contributed by atoms with Crippen molar-refractivity contribution >= 4 is 22.4 Å². The molecule has 100 valence electrons. The van der Waals surface area contributed by atoms with Crippen LogP contribution in [0.15, 0.2) is 66.7 Å². The Morgan fingerprint density at radius 1 is 0.850 bits per heavy atom. The van der Waals surface area contributed by atoms with Crippen LogP contribution in [0.1, 0.15) is 16.5 Å². The minimum atomic E-state index is -0.350. The van der Waals surface area contributed by atoms with Gasteiger partial charge in [-0.1, -0.05) is 60.7 Å². The summed E-state index contributed by atoms with van der Waals surface area (Å²) in [5.41, 5.74) is 1.68. The van der Waals surface area contributed by atoms with Crippen molar-refractivity contribution in [1.82, 2.24) is 0 Å². The molecule has 0 saturated heterocycles. The number of hydrogen-bond acceptors (Lipinski definition) is 0. The molecule has 0 saturated carbocycles. The average Bonchev–Trinajstić information content (AvgIpc) is 2.47. The zero-order valence-corrected chi connectivity index (χ0v) is 11.6. The standard InChI is InChI=1S/C18H14ClF/c19-17(16-7-3-4-8-18(16)20)12-13-9-10-14-5-1-2-6-15(14)11-13/h1-11,17H,12H2. The number of benzene rings is 3. The third kappa shape index (κ3) is 2.68. The normalized spacial score (nSPS) is 12.5. The molecule has 0 amide bonds. The van der Waals surface area contributed by atoms with E-state index >= 15 is 0 Å². The van der Waals surface area contributed by atoms with E-state index in [1.807, 2.05) is 18.2 Å². The molecule has 3 rings (SSSR count). The molecular formula is C18H14ClF. The summed E-state index contributed by atoms with van der Waals surface area (Å²) in [6.45, 7) is 0. The van der Waals surface area contributed by atoms with Gasteiger partial charge in [-0.2, -0.15) is 0 Å². The van der Waals surface area contributed by atoms with Crippen molar-refractivity contribution in [2.75, 3.05) is 0 Å². The van der Waals surface area contributed by atoms with Crippen molar-refractivity contribution < 1.29 is 4.39 Å². The minimum Gasteiger partial charge on any atom is -0.207 e. The van der Waals surface area contributed by atoms with Crippen LogP contribution in [0.5, 0.6) is 0 Å². The monoisotopic (exact) mass is 284 g/mol. The van der Waals surface area contributed by atoms with Crippen LogP contribution >= 0.6 is 11.6 Å². The molecule has 0 fully saturated rings. The predicted molar refractivity (Wildman–Crippen MR) is 82.6 cm³/mol. The quantitative estimate of drug-likeness (QED) is 0.557. The first kappa shape index (κ1) is 13.1. The van der Waals surface area contributed by atoms with E-state index in [-0.39, 0.29) is 11.2 Å². The Morgan fingerprint density at radius 2 is 1.55 bits per heavy atom. The summed E-state index contributed by atoms with van der Waals surface area (Å²) in [5.74, 6) is -0.242. The van der Waals surface area contributed by atoms with Gasteiger partial charge < -0.3 is 0 Å². The molecule has 20 heavy (non-hydrogen) atoms. The van der Waals surface area contributed by atoms with Crippen LogP contribution in [0.3, 0.4) is 0 Å². The number of hydrogen-bond donors (Lipinski definition) is 0. The van der Waals surface area contributed by atoms with E-state index in [1.54, 1.807) is 12.1 Å². The van der Waals surface area contributed by atoms with Gasteiger partial charge in [-0.15, -0.1) is 11.6 Å². The van der Waals surface area contributed by atoms with Crippen molar-refractivity contribution in [3.8, 4) is 0 Å². The van der Waals surface area contributed by atoms with Crippen LogP contribution in [0, 0.1) is 5.82 Å². The van der Waals surface area contributed by atoms with E-state index in [2.05, 4.69) is 30.3 Å². The molecule has 0 spiro atoms. The van der Waals surface area contributed by atoms with Crippen LogP contribution in [-0.2, 0) is 6.42 Å². The number of fused-ring (bicyclic) bond motifs is 1. The molecule has 0 aliphatic heterocycles. The highest BCUT2D eigenvalue weighted by Gasteiger charge is 2.13. The lowest BCUT2D eigenvalue weighted by Crippen LogP contribution is -1.98. The number of alkyl halides is 1. The molecule has 0 nitrogen and oxygen atoms in total. The van der Waals surface area contributed by atoms with Gasteiger partial charge in [0.25, 0.3) is 0 Å². The Kier molecular flexibility index (Phi) is 3.70. The first-order valence-electron chi connectivity index (χ1n) is 6.60. The summed E-state index contributed by atoms with van der Waals surface area (Å²) in [6, 6.07) is 21.1. The van der Waals surface area contributed by atoms with Crippen LogP contribution in [0.4, 0.5) is 4.39 Å². The van der Waals surface area contributed by atoms with Gasteiger partial charge in [-0.3, -0.25) is 0 Å². The van der Waals surface area contributed by atoms with E-state index in [9.17, 15) is 4.39 Å². The second-order valence-corrected chi connectivity index (χ2v) is 5.40. The second kappa shape index (κ2) is 5.64. The fourth-order valence-electron chi connectivity index (χ4n) is 2.41. The SMILES string of the molecule is Fc1ccccc1C(Cl)Cc1ccc2ccccc2c1. The van der Waals surface area contributed by atoms with Crippen LogP contribution in [0.25, 0.3) is 10.8 Å². The fourth-order valence-corrected chi connectivity index (χ4v) is 2.77. The van der Waals surface area contributed by atoms with E-state index in [4.69, 9.17) is 11.6 Å². The number of halogens is 2. The molecule has 1 atom stereocenters. The van der Waals surface area contributed by atoms with Gasteiger partial charge in [0, 0.05) is 5.56 Å². The lowest BCUT2D eigenvalue weighted by Gasteiger charge is -2.11. The molecule has 3 aromatic rings. The van der Waals surface area contributed by atoms with Gasteiger partial charge in [0.15, 0.2) is 0 Å². The highest BCUT2D eigenvalue weighted by molar-refractivity contribution is 6.21. The van der Waals surface area contributed by atoms with Crippen LogP contribution in [0.2, 0.25) is 0 Å². The molecule has 0 N–H and O–H groups in total. The Labute approximate surface area is 122 Å². The molecular weight excluding hydrogens is 271 g/mol. The van der Waals surface area contributed by atoms with Crippen molar-refractivity contribution in [2.45, 2.75) is 11.8 Å². The topological polar surface area (TPSA) is 0 Å². The molecule has 1 unspecified atom stereocenters. The minimum absolute atomic E-state index is 0.242.